The Labute approximate surface area is 153 Å². The first kappa shape index (κ1) is 17.6. The highest BCUT2D eigenvalue weighted by atomic mass is 16.5. The summed E-state index contributed by atoms with van der Waals surface area (Å²) >= 11 is 0. The van der Waals surface area contributed by atoms with E-state index >= 15 is 0 Å². The first-order valence-corrected chi connectivity index (χ1v) is 8.49. The SMILES string of the molecule is Cc1cccc(C(C)C)c1NC(=O)c1cccc(Oc2cnccn2)c1. The summed E-state index contributed by atoms with van der Waals surface area (Å²) in [7, 11) is 0. The summed E-state index contributed by atoms with van der Waals surface area (Å²) in [6, 6.07) is 13.1. The number of para-hydroxylation sites is 1. The van der Waals surface area contributed by atoms with Gasteiger partial charge in [0.15, 0.2) is 0 Å². The summed E-state index contributed by atoms with van der Waals surface area (Å²) in [4.78, 5) is 20.8. The van der Waals surface area contributed by atoms with Crippen LogP contribution in [0.2, 0.25) is 0 Å². The van der Waals surface area contributed by atoms with Crippen LogP contribution in [-0.2, 0) is 0 Å². The van der Waals surface area contributed by atoms with Crippen molar-refractivity contribution in [2.24, 2.45) is 0 Å². The quantitative estimate of drug-likeness (QED) is 0.709. The maximum absolute atomic E-state index is 12.8. The molecule has 2 aromatic carbocycles. The molecule has 1 N–H and O–H groups in total. The van der Waals surface area contributed by atoms with Gasteiger partial charge in [0, 0.05) is 23.6 Å². The number of amides is 1. The number of benzene rings is 2. The molecule has 0 aliphatic rings. The van der Waals surface area contributed by atoms with Crippen molar-refractivity contribution in [3.05, 3.63) is 77.7 Å². The van der Waals surface area contributed by atoms with Gasteiger partial charge in [0.25, 0.3) is 5.91 Å². The molecule has 5 heteroatoms. The number of nitrogens with one attached hydrogen (secondary N) is 1. The van der Waals surface area contributed by atoms with Crippen molar-refractivity contribution in [3.8, 4) is 11.6 Å². The Kier molecular flexibility index (Phi) is 5.27. The van der Waals surface area contributed by atoms with Gasteiger partial charge in [0.2, 0.25) is 5.88 Å². The minimum Gasteiger partial charge on any atom is -0.437 e. The van der Waals surface area contributed by atoms with Crippen LogP contribution in [0.1, 0.15) is 41.3 Å². The summed E-state index contributed by atoms with van der Waals surface area (Å²) in [6.07, 6.45) is 4.65. The molecule has 1 heterocycles. The number of rotatable bonds is 5. The molecule has 3 aromatic rings. The van der Waals surface area contributed by atoms with E-state index in [2.05, 4.69) is 29.1 Å². The molecule has 0 saturated heterocycles. The predicted octanol–water partition coefficient (Wildman–Crippen LogP) is 4.95. The summed E-state index contributed by atoms with van der Waals surface area (Å²) in [5.74, 6) is 1.06. The van der Waals surface area contributed by atoms with E-state index in [0.29, 0.717) is 23.1 Å². The highest BCUT2D eigenvalue weighted by Crippen LogP contribution is 2.28. The van der Waals surface area contributed by atoms with E-state index < -0.39 is 0 Å². The van der Waals surface area contributed by atoms with Gasteiger partial charge < -0.3 is 10.1 Å². The van der Waals surface area contributed by atoms with E-state index in [-0.39, 0.29) is 5.91 Å². The third kappa shape index (κ3) is 4.06. The zero-order chi connectivity index (χ0) is 18.5. The zero-order valence-electron chi connectivity index (χ0n) is 15.1. The standard InChI is InChI=1S/C21H21N3O2/c1-14(2)18-9-4-6-15(3)20(18)24-21(25)16-7-5-8-17(12-16)26-19-13-22-10-11-23-19/h4-14H,1-3H3,(H,24,25). The number of anilines is 1. The topological polar surface area (TPSA) is 64.1 Å². The number of carbonyl (C=O) groups is 1. The highest BCUT2D eigenvalue weighted by Gasteiger charge is 2.14. The molecule has 0 aliphatic carbocycles. The number of aromatic nitrogens is 2. The number of hydrogen-bond acceptors (Lipinski definition) is 4. The number of hydrogen-bond donors (Lipinski definition) is 1. The minimum absolute atomic E-state index is 0.175. The molecule has 0 radical (unpaired) electrons. The third-order valence-corrected chi connectivity index (χ3v) is 4.02. The van der Waals surface area contributed by atoms with Crippen molar-refractivity contribution >= 4 is 11.6 Å². The average molecular weight is 347 g/mol. The third-order valence-electron chi connectivity index (χ3n) is 4.02. The van der Waals surface area contributed by atoms with Crippen molar-refractivity contribution in [1.82, 2.24) is 9.97 Å². The lowest BCUT2D eigenvalue weighted by atomic mass is 9.98. The Morgan fingerprint density at radius 2 is 1.92 bits per heavy atom. The van der Waals surface area contributed by atoms with E-state index in [1.807, 2.05) is 25.1 Å². The van der Waals surface area contributed by atoms with Crippen molar-refractivity contribution in [2.75, 3.05) is 5.32 Å². The van der Waals surface area contributed by atoms with E-state index in [1.165, 1.54) is 6.20 Å². The Balaban J connectivity index is 1.82. The Morgan fingerprint density at radius 3 is 2.65 bits per heavy atom. The maximum atomic E-state index is 12.8. The lowest BCUT2D eigenvalue weighted by Crippen LogP contribution is -2.14. The van der Waals surface area contributed by atoms with Crippen LogP contribution in [0.4, 0.5) is 5.69 Å². The summed E-state index contributed by atoms with van der Waals surface area (Å²) in [5, 5.41) is 3.05. The Hall–Kier alpha value is -3.21. The van der Waals surface area contributed by atoms with Gasteiger partial charge in [0.1, 0.15) is 5.75 Å². The number of aryl methyl sites for hydroxylation is 1. The molecule has 0 unspecified atom stereocenters. The molecule has 0 saturated carbocycles. The van der Waals surface area contributed by atoms with E-state index in [1.54, 1.807) is 36.7 Å². The lowest BCUT2D eigenvalue weighted by molar-refractivity contribution is 0.102. The van der Waals surface area contributed by atoms with Crippen LogP contribution >= 0.6 is 0 Å². The van der Waals surface area contributed by atoms with E-state index in [9.17, 15) is 4.79 Å². The molecule has 0 aliphatic heterocycles. The monoisotopic (exact) mass is 347 g/mol. The van der Waals surface area contributed by atoms with Crippen LogP contribution < -0.4 is 10.1 Å². The maximum Gasteiger partial charge on any atom is 0.255 e. The zero-order valence-corrected chi connectivity index (χ0v) is 15.1. The van der Waals surface area contributed by atoms with Gasteiger partial charge >= 0.3 is 0 Å². The number of carbonyl (C=O) groups excluding carboxylic acids is 1. The molecule has 0 atom stereocenters. The van der Waals surface area contributed by atoms with Crippen molar-refractivity contribution in [3.63, 3.8) is 0 Å². The largest absolute Gasteiger partial charge is 0.437 e. The van der Waals surface area contributed by atoms with Gasteiger partial charge in [-0.25, -0.2) is 4.98 Å². The summed E-state index contributed by atoms with van der Waals surface area (Å²) in [6.45, 7) is 6.22. The molecule has 132 valence electrons. The minimum atomic E-state index is -0.175. The molecule has 26 heavy (non-hydrogen) atoms. The fourth-order valence-corrected chi connectivity index (χ4v) is 2.69. The highest BCUT2D eigenvalue weighted by molar-refractivity contribution is 6.05. The molecule has 0 spiro atoms. The normalized spacial score (nSPS) is 10.6. The Bertz CT molecular complexity index is 908. The first-order chi connectivity index (χ1) is 12.5. The smallest absolute Gasteiger partial charge is 0.255 e. The molecular formula is C21H21N3O2. The van der Waals surface area contributed by atoms with Crippen LogP contribution in [0, 0.1) is 6.92 Å². The molecule has 1 amide bonds. The predicted molar refractivity (Wildman–Crippen MR) is 102 cm³/mol. The Morgan fingerprint density at radius 1 is 1.12 bits per heavy atom. The average Bonchev–Trinajstić information content (AvgIpc) is 2.64. The van der Waals surface area contributed by atoms with Gasteiger partial charge in [-0.2, -0.15) is 0 Å². The summed E-state index contributed by atoms with van der Waals surface area (Å²) in [5.41, 5.74) is 3.54. The van der Waals surface area contributed by atoms with Gasteiger partial charge in [-0.1, -0.05) is 38.1 Å². The van der Waals surface area contributed by atoms with Crippen LogP contribution in [0.15, 0.2) is 61.1 Å². The van der Waals surface area contributed by atoms with Crippen LogP contribution in [0.5, 0.6) is 11.6 Å². The number of nitrogens with zero attached hydrogens (tertiary/aromatic N) is 2. The molecule has 1 aromatic heterocycles. The lowest BCUT2D eigenvalue weighted by Gasteiger charge is -2.16. The molecule has 0 bridgehead atoms. The van der Waals surface area contributed by atoms with Crippen molar-refractivity contribution in [2.45, 2.75) is 26.7 Å². The van der Waals surface area contributed by atoms with Crippen LogP contribution in [0.25, 0.3) is 0 Å². The van der Waals surface area contributed by atoms with Crippen LogP contribution in [0.3, 0.4) is 0 Å². The molecule has 3 rings (SSSR count). The van der Waals surface area contributed by atoms with Gasteiger partial charge in [-0.05, 0) is 42.2 Å². The van der Waals surface area contributed by atoms with E-state index in [4.69, 9.17) is 4.74 Å². The second-order valence-electron chi connectivity index (χ2n) is 6.32. The fraction of sp³-hybridized carbons (Fsp3) is 0.190. The second-order valence-corrected chi connectivity index (χ2v) is 6.32. The number of ether oxygens (including phenoxy) is 1. The fourth-order valence-electron chi connectivity index (χ4n) is 2.69. The summed E-state index contributed by atoms with van der Waals surface area (Å²) < 4.78 is 5.65. The van der Waals surface area contributed by atoms with Crippen LogP contribution in [-0.4, -0.2) is 15.9 Å². The van der Waals surface area contributed by atoms with Crippen molar-refractivity contribution < 1.29 is 9.53 Å². The van der Waals surface area contributed by atoms with E-state index in [0.717, 1.165) is 16.8 Å². The first-order valence-electron chi connectivity index (χ1n) is 8.49. The van der Waals surface area contributed by atoms with Gasteiger partial charge in [-0.15, -0.1) is 0 Å². The van der Waals surface area contributed by atoms with Crippen molar-refractivity contribution in [1.29, 1.82) is 0 Å². The van der Waals surface area contributed by atoms with Gasteiger partial charge in [0.05, 0.1) is 6.20 Å². The molecule has 0 fully saturated rings. The van der Waals surface area contributed by atoms with Gasteiger partial charge in [-0.3, -0.25) is 9.78 Å². The molecular weight excluding hydrogens is 326 g/mol. The molecule has 5 nitrogen and oxygen atoms in total. The second kappa shape index (κ2) is 7.78.